The van der Waals surface area contributed by atoms with Crippen LogP contribution in [0.25, 0.3) is 11.4 Å². The molecule has 2 aliphatic heterocycles. The maximum atomic E-state index is 12.8. The summed E-state index contributed by atoms with van der Waals surface area (Å²) < 4.78 is 5.56. The second-order valence-electron chi connectivity index (χ2n) is 11.9. The van der Waals surface area contributed by atoms with Crippen LogP contribution in [-0.2, 0) is 4.74 Å². The second kappa shape index (κ2) is 15.8. The zero-order valence-corrected chi connectivity index (χ0v) is 27.4. The Bertz CT molecular complexity index is 1450. The standard InChI is InChI=1S/C33H46N10O3/c1-5-41-15-6-16-42(20-19-41)31-36-29(37-32(38-31)43-21-23-46-24-22-43)25-7-11-27(12-8-25)34-33(45)35-28-13-9-26(10-14-28)30(44)40(4)18-17-39(2)3/h7-14H,5-6,15-24H2,1-4H3,(H2,34,35,45). The number of nitrogens with one attached hydrogen (secondary N) is 2. The zero-order chi connectivity index (χ0) is 32.5. The number of carbonyl (C=O) groups excluding carboxylic acids is 2. The third-order valence-corrected chi connectivity index (χ3v) is 8.24. The van der Waals surface area contributed by atoms with Gasteiger partial charge in [0.2, 0.25) is 11.9 Å². The predicted octanol–water partition coefficient (Wildman–Crippen LogP) is 3.18. The molecule has 1 aromatic heterocycles. The molecule has 2 aliphatic rings. The van der Waals surface area contributed by atoms with Crippen molar-refractivity contribution < 1.29 is 14.3 Å². The van der Waals surface area contributed by atoms with E-state index in [1.165, 1.54) is 0 Å². The normalized spacial score (nSPS) is 15.8. The van der Waals surface area contributed by atoms with E-state index in [0.29, 0.717) is 54.4 Å². The summed E-state index contributed by atoms with van der Waals surface area (Å²) in [4.78, 5) is 50.7. The summed E-state index contributed by atoms with van der Waals surface area (Å²) in [7, 11) is 5.74. The molecule has 2 N–H and O–H groups in total. The number of rotatable bonds is 10. The van der Waals surface area contributed by atoms with Gasteiger partial charge in [-0.15, -0.1) is 0 Å². The molecule has 0 radical (unpaired) electrons. The highest BCUT2D eigenvalue weighted by Gasteiger charge is 2.22. The van der Waals surface area contributed by atoms with Crippen molar-refractivity contribution in [1.82, 2.24) is 29.7 Å². The van der Waals surface area contributed by atoms with E-state index in [-0.39, 0.29) is 11.9 Å². The second-order valence-corrected chi connectivity index (χ2v) is 11.9. The third kappa shape index (κ3) is 8.89. The number of morpholine rings is 1. The van der Waals surface area contributed by atoms with Crippen LogP contribution in [0.3, 0.4) is 0 Å². The summed E-state index contributed by atoms with van der Waals surface area (Å²) in [5.74, 6) is 1.89. The lowest BCUT2D eigenvalue weighted by atomic mass is 10.2. The Morgan fingerprint density at radius 3 is 1.98 bits per heavy atom. The van der Waals surface area contributed by atoms with E-state index in [4.69, 9.17) is 19.7 Å². The summed E-state index contributed by atoms with van der Waals surface area (Å²) in [5, 5.41) is 5.71. The van der Waals surface area contributed by atoms with Crippen LogP contribution in [0, 0.1) is 0 Å². The molecular weight excluding hydrogens is 584 g/mol. The molecule has 46 heavy (non-hydrogen) atoms. The van der Waals surface area contributed by atoms with Crippen molar-refractivity contribution in [3.05, 3.63) is 54.1 Å². The molecule has 0 atom stereocenters. The quantitative estimate of drug-likeness (QED) is 0.346. The van der Waals surface area contributed by atoms with Gasteiger partial charge >= 0.3 is 6.03 Å². The maximum Gasteiger partial charge on any atom is 0.323 e. The largest absolute Gasteiger partial charge is 0.378 e. The van der Waals surface area contributed by atoms with Crippen molar-refractivity contribution in [2.45, 2.75) is 13.3 Å². The Balaban J connectivity index is 1.24. The van der Waals surface area contributed by atoms with Crippen molar-refractivity contribution >= 4 is 35.2 Å². The number of anilines is 4. The van der Waals surface area contributed by atoms with E-state index >= 15 is 0 Å². The highest BCUT2D eigenvalue weighted by Crippen LogP contribution is 2.24. The zero-order valence-electron chi connectivity index (χ0n) is 27.4. The number of benzene rings is 2. The van der Waals surface area contributed by atoms with E-state index in [1.54, 1.807) is 36.2 Å². The van der Waals surface area contributed by atoms with Crippen LogP contribution >= 0.6 is 0 Å². The fraction of sp³-hybridized carbons (Fsp3) is 0.485. The highest BCUT2D eigenvalue weighted by molar-refractivity contribution is 6.00. The number of nitrogens with zero attached hydrogens (tertiary/aromatic N) is 8. The Hall–Kier alpha value is -4.33. The van der Waals surface area contributed by atoms with Gasteiger partial charge in [-0.1, -0.05) is 6.92 Å². The van der Waals surface area contributed by atoms with Gasteiger partial charge in [0, 0.05) is 75.4 Å². The lowest BCUT2D eigenvalue weighted by Crippen LogP contribution is -2.38. The van der Waals surface area contributed by atoms with Gasteiger partial charge in [-0.05, 0) is 82.1 Å². The van der Waals surface area contributed by atoms with Crippen LogP contribution in [0.5, 0.6) is 0 Å². The molecule has 2 fully saturated rings. The summed E-state index contributed by atoms with van der Waals surface area (Å²) >= 11 is 0. The number of urea groups is 1. The molecule has 0 saturated carbocycles. The summed E-state index contributed by atoms with van der Waals surface area (Å²) in [6, 6.07) is 14.0. The SMILES string of the molecule is CCN1CCCN(c2nc(-c3ccc(NC(=O)Nc4ccc(C(=O)N(C)CCN(C)C)cc4)cc3)nc(N3CCOCC3)n2)CC1. The first-order valence-corrected chi connectivity index (χ1v) is 16.0. The average Bonchev–Trinajstić information content (AvgIpc) is 3.34. The van der Waals surface area contributed by atoms with E-state index in [2.05, 4.69) is 32.3 Å². The van der Waals surface area contributed by atoms with Gasteiger partial charge in [-0.3, -0.25) is 4.79 Å². The number of hydrogen-bond acceptors (Lipinski definition) is 10. The summed E-state index contributed by atoms with van der Waals surface area (Å²) in [6.45, 7) is 11.2. The first-order chi connectivity index (χ1) is 22.3. The fourth-order valence-corrected chi connectivity index (χ4v) is 5.38. The van der Waals surface area contributed by atoms with E-state index < -0.39 is 0 Å². The third-order valence-electron chi connectivity index (χ3n) is 8.24. The van der Waals surface area contributed by atoms with E-state index in [1.807, 2.05) is 43.3 Å². The summed E-state index contributed by atoms with van der Waals surface area (Å²) in [5.41, 5.74) is 2.63. The van der Waals surface area contributed by atoms with Crippen LogP contribution in [-0.4, -0.2) is 135 Å². The molecule has 0 aliphatic carbocycles. The first kappa shape index (κ1) is 33.0. The minimum atomic E-state index is -0.380. The van der Waals surface area contributed by atoms with Gasteiger partial charge in [0.15, 0.2) is 5.82 Å². The molecule has 3 aromatic rings. The van der Waals surface area contributed by atoms with Crippen molar-refractivity contribution in [3.8, 4) is 11.4 Å². The highest BCUT2D eigenvalue weighted by atomic mass is 16.5. The Morgan fingerprint density at radius 1 is 0.761 bits per heavy atom. The molecule has 0 bridgehead atoms. The molecule has 3 heterocycles. The van der Waals surface area contributed by atoms with Gasteiger partial charge < -0.3 is 39.9 Å². The molecule has 5 rings (SSSR count). The number of aromatic nitrogens is 3. The topological polar surface area (TPSA) is 122 Å². The van der Waals surface area contributed by atoms with Gasteiger partial charge in [0.1, 0.15) is 0 Å². The summed E-state index contributed by atoms with van der Waals surface area (Å²) in [6.07, 6.45) is 1.06. The van der Waals surface area contributed by atoms with Gasteiger partial charge in [-0.2, -0.15) is 15.0 Å². The molecule has 2 saturated heterocycles. The van der Waals surface area contributed by atoms with E-state index in [0.717, 1.165) is 64.3 Å². The van der Waals surface area contributed by atoms with Gasteiger partial charge in [0.25, 0.3) is 5.91 Å². The molecule has 13 heteroatoms. The van der Waals surface area contributed by atoms with Crippen LogP contribution in [0.4, 0.5) is 28.1 Å². The van der Waals surface area contributed by atoms with Crippen molar-refractivity contribution in [3.63, 3.8) is 0 Å². The molecule has 13 nitrogen and oxygen atoms in total. The predicted molar refractivity (Wildman–Crippen MR) is 182 cm³/mol. The number of hydrogen-bond donors (Lipinski definition) is 2. The van der Waals surface area contributed by atoms with Crippen LogP contribution in [0.2, 0.25) is 0 Å². The lowest BCUT2D eigenvalue weighted by molar-refractivity contribution is 0.0786. The Morgan fingerprint density at radius 2 is 1.37 bits per heavy atom. The molecule has 246 valence electrons. The average molecular weight is 631 g/mol. The lowest BCUT2D eigenvalue weighted by Gasteiger charge is -2.28. The van der Waals surface area contributed by atoms with Crippen molar-refractivity contribution in [1.29, 1.82) is 0 Å². The first-order valence-electron chi connectivity index (χ1n) is 16.0. The van der Waals surface area contributed by atoms with Crippen LogP contribution < -0.4 is 20.4 Å². The van der Waals surface area contributed by atoms with Crippen LogP contribution in [0.15, 0.2) is 48.5 Å². The number of amides is 3. The molecule has 0 unspecified atom stereocenters. The molecular formula is C33H46N10O3. The monoisotopic (exact) mass is 630 g/mol. The smallest absolute Gasteiger partial charge is 0.323 e. The van der Waals surface area contributed by atoms with Gasteiger partial charge in [0.05, 0.1) is 13.2 Å². The Labute approximate surface area is 271 Å². The minimum Gasteiger partial charge on any atom is -0.378 e. The van der Waals surface area contributed by atoms with Crippen LogP contribution in [0.1, 0.15) is 23.7 Å². The van der Waals surface area contributed by atoms with Crippen molar-refractivity contribution in [2.24, 2.45) is 0 Å². The fourth-order valence-electron chi connectivity index (χ4n) is 5.38. The maximum absolute atomic E-state index is 12.8. The molecule has 3 amide bonds. The van der Waals surface area contributed by atoms with Crippen molar-refractivity contribution in [2.75, 3.05) is 114 Å². The minimum absolute atomic E-state index is 0.0603. The number of ether oxygens (including phenoxy) is 1. The number of likely N-dealkylation sites (N-methyl/N-ethyl adjacent to an activating group) is 3. The number of carbonyl (C=O) groups is 2. The van der Waals surface area contributed by atoms with E-state index in [9.17, 15) is 9.59 Å². The molecule has 0 spiro atoms. The Kier molecular flexibility index (Phi) is 11.3. The van der Waals surface area contributed by atoms with Gasteiger partial charge in [-0.25, -0.2) is 4.79 Å². The molecule has 2 aromatic carbocycles.